The fourth-order valence-electron chi connectivity index (χ4n) is 2.40. The van der Waals surface area contributed by atoms with Crippen LogP contribution >= 0.6 is 0 Å². The van der Waals surface area contributed by atoms with Crippen LogP contribution in [0.2, 0.25) is 0 Å². The van der Waals surface area contributed by atoms with E-state index >= 15 is 0 Å². The highest BCUT2D eigenvalue weighted by Gasteiger charge is 2.14. The number of amides is 1. The number of nitrogens with one attached hydrogen (secondary N) is 1. The minimum atomic E-state index is -0.225. The molecule has 3 heterocycles. The summed E-state index contributed by atoms with van der Waals surface area (Å²) in [7, 11) is 0. The molecular weight excluding hydrogens is 326 g/mol. The van der Waals surface area contributed by atoms with Crippen LogP contribution in [0, 0.1) is 6.92 Å². The summed E-state index contributed by atoms with van der Waals surface area (Å²) in [5, 5.41) is 14.7. The number of ether oxygens (including phenoxy) is 2. The SMILES string of the molecule is Cc1ccc(-c2nnn(CC(=O)NCc3ccc4c(c3)OCO4)n2)o1. The number of carbonyl (C=O) groups is 1. The van der Waals surface area contributed by atoms with Crippen LogP contribution in [0.15, 0.2) is 34.7 Å². The first kappa shape index (κ1) is 15.2. The Morgan fingerprint density at radius 3 is 2.96 bits per heavy atom. The Balaban J connectivity index is 1.34. The Morgan fingerprint density at radius 2 is 2.12 bits per heavy atom. The van der Waals surface area contributed by atoms with Crippen LogP contribution < -0.4 is 14.8 Å². The summed E-state index contributed by atoms with van der Waals surface area (Å²) in [6, 6.07) is 9.11. The Hall–Kier alpha value is -3.36. The van der Waals surface area contributed by atoms with Gasteiger partial charge in [-0.25, -0.2) is 0 Å². The molecule has 0 saturated carbocycles. The third-order valence-electron chi connectivity index (χ3n) is 3.63. The average molecular weight is 341 g/mol. The van der Waals surface area contributed by atoms with E-state index in [4.69, 9.17) is 13.9 Å². The molecule has 3 aromatic rings. The van der Waals surface area contributed by atoms with Crippen LogP contribution in [-0.2, 0) is 17.9 Å². The molecule has 1 N–H and O–H groups in total. The summed E-state index contributed by atoms with van der Waals surface area (Å²) in [6.45, 7) is 2.39. The minimum Gasteiger partial charge on any atom is -0.458 e. The number of rotatable bonds is 5. The zero-order chi connectivity index (χ0) is 17.2. The van der Waals surface area contributed by atoms with Crippen LogP contribution in [-0.4, -0.2) is 32.9 Å². The van der Waals surface area contributed by atoms with Gasteiger partial charge in [-0.2, -0.15) is 4.80 Å². The monoisotopic (exact) mass is 341 g/mol. The zero-order valence-corrected chi connectivity index (χ0v) is 13.4. The molecule has 0 radical (unpaired) electrons. The Bertz CT molecular complexity index is 917. The maximum Gasteiger partial charge on any atom is 0.243 e. The third kappa shape index (κ3) is 3.30. The van der Waals surface area contributed by atoms with Crippen LogP contribution in [0.1, 0.15) is 11.3 Å². The highest BCUT2D eigenvalue weighted by Crippen LogP contribution is 2.32. The van der Waals surface area contributed by atoms with Crippen molar-refractivity contribution in [2.24, 2.45) is 0 Å². The Labute approximate surface area is 142 Å². The molecule has 128 valence electrons. The Morgan fingerprint density at radius 1 is 1.24 bits per heavy atom. The molecule has 0 unspecified atom stereocenters. The molecule has 0 aliphatic carbocycles. The number of carbonyl (C=O) groups excluding carboxylic acids is 1. The molecule has 25 heavy (non-hydrogen) atoms. The van der Waals surface area contributed by atoms with E-state index in [1.807, 2.05) is 31.2 Å². The van der Waals surface area contributed by atoms with Crippen molar-refractivity contribution in [1.82, 2.24) is 25.5 Å². The summed E-state index contributed by atoms with van der Waals surface area (Å²) in [5.41, 5.74) is 0.913. The summed E-state index contributed by atoms with van der Waals surface area (Å²) in [4.78, 5) is 13.3. The van der Waals surface area contributed by atoms with E-state index in [1.54, 1.807) is 6.07 Å². The van der Waals surface area contributed by atoms with Gasteiger partial charge in [-0.1, -0.05) is 6.07 Å². The van der Waals surface area contributed by atoms with Gasteiger partial charge < -0.3 is 19.2 Å². The normalized spacial score (nSPS) is 12.4. The van der Waals surface area contributed by atoms with E-state index in [-0.39, 0.29) is 19.2 Å². The molecule has 1 aromatic carbocycles. The lowest BCUT2D eigenvalue weighted by Crippen LogP contribution is -2.28. The van der Waals surface area contributed by atoms with E-state index in [0.717, 1.165) is 11.3 Å². The fourth-order valence-corrected chi connectivity index (χ4v) is 2.40. The number of hydrogen-bond acceptors (Lipinski definition) is 7. The van der Waals surface area contributed by atoms with Crippen molar-refractivity contribution in [1.29, 1.82) is 0 Å². The van der Waals surface area contributed by atoms with E-state index in [1.165, 1.54) is 4.80 Å². The quantitative estimate of drug-likeness (QED) is 0.745. The number of fused-ring (bicyclic) bond motifs is 1. The van der Waals surface area contributed by atoms with Crippen LogP contribution in [0.25, 0.3) is 11.6 Å². The largest absolute Gasteiger partial charge is 0.458 e. The van der Waals surface area contributed by atoms with Gasteiger partial charge in [-0.3, -0.25) is 4.79 Å². The van der Waals surface area contributed by atoms with Crippen molar-refractivity contribution in [3.8, 4) is 23.1 Å². The van der Waals surface area contributed by atoms with Crippen LogP contribution in [0.5, 0.6) is 11.5 Å². The first-order chi connectivity index (χ1) is 12.2. The number of aromatic nitrogens is 4. The van der Waals surface area contributed by atoms with Gasteiger partial charge in [0.25, 0.3) is 0 Å². The number of furan rings is 1. The van der Waals surface area contributed by atoms with Crippen molar-refractivity contribution in [2.75, 3.05) is 6.79 Å². The van der Waals surface area contributed by atoms with Crippen LogP contribution in [0.3, 0.4) is 0 Å². The van der Waals surface area contributed by atoms with Gasteiger partial charge >= 0.3 is 0 Å². The maximum absolute atomic E-state index is 12.1. The van der Waals surface area contributed by atoms with E-state index in [0.29, 0.717) is 29.6 Å². The Kier molecular flexibility index (Phi) is 3.81. The molecular formula is C16H15N5O4. The molecule has 2 aromatic heterocycles. The molecule has 4 rings (SSSR count). The van der Waals surface area contributed by atoms with Crippen molar-refractivity contribution in [2.45, 2.75) is 20.0 Å². The van der Waals surface area contributed by atoms with Gasteiger partial charge in [0.1, 0.15) is 12.3 Å². The fraction of sp³-hybridized carbons (Fsp3) is 0.250. The zero-order valence-electron chi connectivity index (χ0n) is 13.4. The van der Waals surface area contributed by atoms with Gasteiger partial charge in [-0.15, -0.1) is 10.2 Å². The maximum atomic E-state index is 12.1. The second-order valence-corrected chi connectivity index (χ2v) is 5.52. The smallest absolute Gasteiger partial charge is 0.243 e. The van der Waals surface area contributed by atoms with Crippen molar-refractivity contribution >= 4 is 5.91 Å². The van der Waals surface area contributed by atoms with Crippen molar-refractivity contribution in [3.63, 3.8) is 0 Å². The molecule has 0 bridgehead atoms. The number of aryl methyl sites for hydroxylation is 1. The lowest BCUT2D eigenvalue weighted by atomic mass is 10.2. The van der Waals surface area contributed by atoms with E-state index in [2.05, 4.69) is 20.7 Å². The van der Waals surface area contributed by atoms with Gasteiger partial charge in [-0.05, 0) is 42.0 Å². The predicted molar refractivity (Wildman–Crippen MR) is 84.7 cm³/mol. The second kappa shape index (κ2) is 6.27. The number of tetrazole rings is 1. The van der Waals surface area contributed by atoms with Gasteiger partial charge in [0.15, 0.2) is 17.3 Å². The highest BCUT2D eigenvalue weighted by atomic mass is 16.7. The number of hydrogen-bond donors (Lipinski definition) is 1. The molecule has 0 saturated heterocycles. The van der Waals surface area contributed by atoms with E-state index < -0.39 is 0 Å². The van der Waals surface area contributed by atoms with Crippen molar-refractivity contribution < 1.29 is 18.7 Å². The third-order valence-corrected chi connectivity index (χ3v) is 3.63. The first-order valence-corrected chi connectivity index (χ1v) is 7.67. The van der Waals surface area contributed by atoms with Gasteiger partial charge in [0, 0.05) is 6.54 Å². The molecule has 9 heteroatoms. The number of benzene rings is 1. The molecule has 1 aliphatic rings. The summed E-state index contributed by atoms with van der Waals surface area (Å²) < 4.78 is 16.0. The summed E-state index contributed by atoms with van der Waals surface area (Å²) >= 11 is 0. The molecule has 0 spiro atoms. The van der Waals surface area contributed by atoms with Crippen LogP contribution in [0.4, 0.5) is 0 Å². The standard InChI is InChI=1S/C16H15N5O4/c1-10-2-4-13(25-10)16-18-20-21(19-16)8-15(22)17-7-11-3-5-12-14(6-11)24-9-23-12/h2-6H,7-9H2,1H3,(H,17,22). The molecule has 1 amide bonds. The van der Waals surface area contributed by atoms with Gasteiger partial charge in [0.2, 0.25) is 18.5 Å². The predicted octanol–water partition coefficient (Wildman–Crippen LogP) is 1.29. The lowest BCUT2D eigenvalue weighted by molar-refractivity contribution is -0.122. The summed E-state index contributed by atoms with van der Waals surface area (Å²) in [5.74, 6) is 2.79. The minimum absolute atomic E-state index is 0.0305. The average Bonchev–Trinajstić information content (AvgIpc) is 3.32. The molecule has 0 fully saturated rings. The first-order valence-electron chi connectivity index (χ1n) is 7.67. The van der Waals surface area contributed by atoms with Gasteiger partial charge in [0.05, 0.1) is 0 Å². The number of nitrogens with zero attached hydrogens (tertiary/aromatic N) is 4. The lowest BCUT2D eigenvalue weighted by Gasteiger charge is -2.05. The van der Waals surface area contributed by atoms with Crippen molar-refractivity contribution in [3.05, 3.63) is 41.7 Å². The molecule has 0 atom stereocenters. The molecule has 9 nitrogen and oxygen atoms in total. The topological polar surface area (TPSA) is 104 Å². The molecule has 1 aliphatic heterocycles. The summed E-state index contributed by atoms with van der Waals surface area (Å²) in [6.07, 6.45) is 0. The van der Waals surface area contributed by atoms with E-state index in [9.17, 15) is 4.79 Å². The highest BCUT2D eigenvalue weighted by molar-refractivity contribution is 5.75. The second-order valence-electron chi connectivity index (χ2n) is 5.52.